The Morgan fingerprint density at radius 3 is 2.92 bits per heavy atom. The fourth-order valence-electron chi connectivity index (χ4n) is 2.65. The van der Waals surface area contributed by atoms with E-state index in [9.17, 15) is 5.11 Å². The maximum Gasteiger partial charge on any atom is 0.221 e. The summed E-state index contributed by atoms with van der Waals surface area (Å²) in [6.45, 7) is 4.36. The maximum atomic E-state index is 9.84. The molecule has 0 unspecified atom stereocenters. The average molecular weight is 349 g/mol. The van der Waals surface area contributed by atoms with Gasteiger partial charge in [-0.2, -0.15) is 0 Å². The maximum absolute atomic E-state index is 9.84. The molecule has 4 aromatic rings. The van der Waals surface area contributed by atoms with Gasteiger partial charge < -0.3 is 10.4 Å². The van der Waals surface area contributed by atoms with E-state index in [-0.39, 0.29) is 0 Å². The summed E-state index contributed by atoms with van der Waals surface area (Å²) in [6, 6.07) is 10.0. The van der Waals surface area contributed by atoms with E-state index < -0.39 is 5.60 Å². The van der Waals surface area contributed by atoms with E-state index in [0.29, 0.717) is 30.2 Å². The standard InChI is InChI=1S/C18H19N7O/c1-18(2,26)11-21-15-9-20-16-17(22-15)25(24-23-16)10-12-5-6-14-13(8-12)4-3-7-19-14/h3-9,26H,10-11H2,1-2H3,(H,21,22). The molecule has 8 nitrogen and oxygen atoms in total. The molecule has 0 saturated carbocycles. The van der Waals surface area contributed by atoms with Crippen molar-refractivity contribution in [1.29, 1.82) is 0 Å². The smallest absolute Gasteiger partial charge is 0.221 e. The summed E-state index contributed by atoms with van der Waals surface area (Å²) in [4.78, 5) is 13.2. The zero-order chi connectivity index (χ0) is 18.1. The molecule has 3 aromatic heterocycles. The third kappa shape index (κ3) is 3.45. The Hall–Kier alpha value is -3.13. The second-order valence-electron chi connectivity index (χ2n) is 6.85. The Labute approximate surface area is 149 Å². The van der Waals surface area contributed by atoms with Crippen molar-refractivity contribution in [2.75, 3.05) is 11.9 Å². The van der Waals surface area contributed by atoms with Crippen LogP contribution in [0.3, 0.4) is 0 Å². The fraction of sp³-hybridized carbons (Fsp3) is 0.278. The molecule has 0 aliphatic rings. The van der Waals surface area contributed by atoms with Crippen molar-refractivity contribution in [3.63, 3.8) is 0 Å². The summed E-state index contributed by atoms with van der Waals surface area (Å²) in [6.07, 6.45) is 3.37. The van der Waals surface area contributed by atoms with Gasteiger partial charge in [0.05, 0.1) is 23.9 Å². The summed E-state index contributed by atoms with van der Waals surface area (Å²) in [5.41, 5.74) is 2.28. The molecule has 0 bridgehead atoms. The number of benzene rings is 1. The molecule has 4 rings (SSSR count). The molecule has 0 spiro atoms. The largest absolute Gasteiger partial charge is 0.389 e. The van der Waals surface area contributed by atoms with Crippen LogP contribution in [0.4, 0.5) is 5.82 Å². The number of aromatic nitrogens is 6. The predicted molar refractivity (Wildman–Crippen MR) is 98.8 cm³/mol. The molecule has 1 aromatic carbocycles. The van der Waals surface area contributed by atoms with Gasteiger partial charge >= 0.3 is 0 Å². The van der Waals surface area contributed by atoms with Gasteiger partial charge in [0.15, 0.2) is 5.65 Å². The Balaban J connectivity index is 1.62. The highest BCUT2D eigenvalue weighted by Crippen LogP contribution is 2.16. The number of nitrogens with zero attached hydrogens (tertiary/aromatic N) is 6. The van der Waals surface area contributed by atoms with Gasteiger partial charge in [-0.15, -0.1) is 5.10 Å². The molecule has 8 heteroatoms. The number of aliphatic hydroxyl groups is 1. The second-order valence-corrected chi connectivity index (χ2v) is 6.85. The average Bonchev–Trinajstić information content (AvgIpc) is 3.01. The molecule has 0 atom stereocenters. The van der Waals surface area contributed by atoms with Crippen molar-refractivity contribution < 1.29 is 5.11 Å². The highest BCUT2D eigenvalue weighted by atomic mass is 16.3. The van der Waals surface area contributed by atoms with Crippen LogP contribution in [0.25, 0.3) is 22.2 Å². The van der Waals surface area contributed by atoms with Crippen molar-refractivity contribution in [2.24, 2.45) is 0 Å². The van der Waals surface area contributed by atoms with E-state index in [1.54, 1.807) is 30.9 Å². The molecule has 0 saturated heterocycles. The van der Waals surface area contributed by atoms with Crippen LogP contribution < -0.4 is 5.32 Å². The monoisotopic (exact) mass is 349 g/mol. The van der Waals surface area contributed by atoms with Gasteiger partial charge in [0.1, 0.15) is 5.82 Å². The van der Waals surface area contributed by atoms with E-state index in [1.807, 2.05) is 24.3 Å². The molecular weight excluding hydrogens is 330 g/mol. The van der Waals surface area contributed by atoms with Crippen LogP contribution in [0.15, 0.2) is 42.7 Å². The number of anilines is 1. The number of rotatable bonds is 5. The Bertz CT molecular complexity index is 1070. The first-order valence-electron chi connectivity index (χ1n) is 8.34. The Morgan fingerprint density at radius 1 is 1.19 bits per heavy atom. The van der Waals surface area contributed by atoms with Gasteiger partial charge in [0.2, 0.25) is 5.65 Å². The van der Waals surface area contributed by atoms with Gasteiger partial charge in [-0.05, 0) is 37.6 Å². The van der Waals surface area contributed by atoms with Crippen molar-refractivity contribution in [3.8, 4) is 0 Å². The van der Waals surface area contributed by atoms with Crippen LogP contribution in [0.1, 0.15) is 19.4 Å². The highest BCUT2D eigenvalue weighted by molar-refractivity contribution is 5.79. The van der Waals surface area contributed by atoms with Gasteiger partial charge in [-0.1, -0.05) is 17.3 Å². The van der Waals surface area contributed by atoms with Crippen LogP contribution in [0.5, 0.6) is 0 Å². The zero-order valence-corrected chi connectivity index (χ0v) is 14.6. The summed E-state index contributed by atoms with van der Waals surface area (Å²) < 4.78 is 1.72. The molecule has 0 amide bonds. The molecule has 3 heterocycles. The van der Waals surface area contributed by atoms with Crippen LogP contribution in [0, 0.1) is 0 Å². The minimum Gasteiger partial charge on any atom is -0.389 e. The third-order valence-electron chi connectivity index (χ3n) is 3.93. The normalized spacial score (nSPS) is 12.0. The third-order valence-corrected chi connectivity index (χ3v) is 3.93. The van der Waals surface area contributed by atoms with Crippen molar-refractivity contribution in [2.45, 2.75) is 26.0 Å². The summed E-state index contributed by atoms with van der Waals surface area (Å²) in [5, 5.41) is 22.2. The quantitative estimate of drug-likeness (QED) is 0.568. The van der Waals surface area contributed by atoms with Crippen molar-refractivity contribution >= 4 is 28.0 Å². The molecule has 26 heavy (non-hydrogen) atoms. The lowest BCUT2D eigenvalue weighted by molar-refractivity contribution is 0.0944. The number of nitrogens with one attached hydrogen (secondary N) is 1. The fourth-order valence-corrected chi connectivity index (χ4v) is 2.65. The van der Waals surface area contributed by atoms with E-state index in [0.717, 1.165) is 16.5 Å². The second kappa shape index (κ2) is 6.30. The zero-order valence-electron chi connectivity index (χ0n) is 14.6. The molecule has 0 aliphatic heterocycles. The van der Waals surface area contributed by atoms with Crippen LogP contribution in [0.2, 0.25) is 0 Å². The number of fused-ring (bicyclic) bond motifs is 2. The summed E-state index contributed by atoms with van der Waals surface area (Å²) in [7, 11) is 0. The van der Waals surface area contributed by atoms with Crippen LogP contribution in [-0.2, 0) is 6.54 Å². The van der Waals surface area contributed by atoms with Crippen molar-refractivity contribution in [1.82, 2.24) is 29.9 Å². The minimum atomic E-state index is -0.839. The topological polar surface area (TPSA) is 102 Å². The van der Waals surface area contributed by atoms with Crippen LogP contribution >= 0.6 is 0 Å². The first-order valence-corrected chi connectivity index (χ1v) is 8.34. The molecule has 2 N–H and O–H groups in total. The van der Waals surface area contributed by atoms with Gasteiger partial charge in [0, 0.05) is 18.1 Å². The van der Waals surface area contributed by atoms with Gasteiger partial charge in [-0.25, -0.2) is 14.6 Å². The first kappa shape index (κ1) is 16.3. The lowest BCUT2D eigenvalue weighted by Crippen LogP contribution is -2.29. The van der Waals surface area contributed by atoms with Gasteiger partial charge in [0.25, 0.3) is 0 Å². The SMILES string of the molecule is CC(C)(O)CNc1cnc2nnn(Cc3ccc4ncccc4c3)c2n1. The first-order chi connectivity index (χ1) is 12.5. The lowest BCUT2D eigenvalue weighted by atomic mass is 10.1. The van der Waals surface area contributed by atoms with Crippen molar-refractivity contribution in [3.05, 3.63) is 48.3 Å². The minimum absolute atomic E-state index is 0.367. The van der Waals surface area contributed by atoms with Crippen LogP contribution in [-0.4, -0.2) is 47.2 Å². The van der Waals surface area contributed by atoms with Gasteiger partial charge in [-0.3, -0.25) is 4.98 Å². The predicted octanol–water partition coefficient (Wildman–Crippen LogP) is 2.00. The lowest BCUT2D eigenvalue weighted by Gasteiger charge is -2.17. The summed E-state index contributed by atoms with van der Waals surface area (Å²) in [5.74, 6) is 0.575. The molecule has 0 aliphatic carbocycles. The Kier molecular flexibility index (Phi) is 3.96. The Morgan fingerprint density at radius 2 is 2.08 bits per heavy atom. The van der Waals surface area contributed by atoms with E-state index in [2.05, 4.69) is 36.6 Å². The highest BCUT2D eigenvalue weighted by Gasteiger charge is 2.14. The molecule has 0 radical (unpaired) electrons. The molecule has 0 fully saturated rings. The number of pyridine rings is 1. The number of hydrogen-bond donors (Lipinski definition) is 2. The summed E-state index contributed by atoms with van der Waals surface area (Å²) >= 11 is 0. The van der Waals surface area contributed by atoms with E-state index >= 15 is 0 Å². The molecular formula is C18H19N7O. The van der Waals surface area contributed by atoms with E-state index in [1.165, 1.54) is 0 Å². The number of hydrogen-bond acceptors (Lipinski definition) is 7. The molecule has 132 valence electrons. The van der Waals surface area contributed by atoms with E-state index in [4.69, 9.17) is 0 Å².